The zero-order chi connectivity index (χ0) is 21.3. The molecule has 0 aromatic rings. The molecule has 2 N–H and O–H groups in total. The Labute approximate surface area is 208 Å². The first-order valence-corrected chi connectivity index (χ1v) is 12.0. The van der Waals surface area contributed by atoms with Crippen LogP contribution < -0.4 is 68.9 Å². The van der Waals surface area contributed by atoms with Crippen molar-refractivity contribution in [3.8, 4) is 0 Å². The van der Waals surface area contributed by atoms with E-state index >= 15 is 0 Å². The molecular formula is C8H18Na2O14P2S2+2. The molecule has 0 radical (unpaired) electrons. The standard InChI is InChI=1S/2C4H9O7PS.2Na/c2*1-3(5)4(10-12(6)7)11-13(2,8)9;;/h2*3-5H,1-2H3;;/q;;2*+1/t2*3-,4-;;/m00../s1. The molecule has 14 nitrogen and oxygen atoms in total. The molecule has 6 atom stereocenters. The molecule has 2 unspecified atom stereocenters. The van der Waals surface area contributed by atoms with Crippen LogP contribution in [-0.2, 0) is 46.8 Å². The SMILES string of the molecule is C[C@H](O)[C@@H](O[P+](=O)[O-])OS(C)(=O)=O.C[C@H](O)[C@@H](O[P+](=O)[O-])OS(C)(=O)=O.[Na+].[Na+]. The Bertz CT molecular complexity index is 609. The quantitative estimate of drug-likeness (QED) is 0.120. The summed E-state index contributed by atoms with van der Waals surface area (Å²) in [6.45, 7) is 2.27. The summed E-state index contributed by atoms with van der Waals surface area (Å²) < 4.78 is 78.4. The Kier molecular flexibility index (Phi) is 23.0. The van der Waals surface area contributed by atoms with Crippen molar-refractivity contribution >= 4 is 36.7 Å². The average molecular weight is 510 g/mol. The molecular weight excluding hydrogens is 492 g/mol. The van der Waals surface area contributed by atoms with Crippen molar-refractivity contribution in [2.75, 3.05) is 12.5 Å². The normalized spacial score (nSPS) is 16.7. The van der Waals surface area contributed by atoms with Crippen LogP contribution in [0.2, 0.25) is 0 Å². The van der Waals surface area contributed by atoms with Gasteiger partial charge in [-0.1, -0.05) is 0 Å². The summed E-state index contributed by atoms with van der Waals surface area (Å²) in [6.07, 6.45) is -4.77. The molecule has 0 amide bonds. The van der Waals surface area contributed by atoms with Crippen LogP contribution in [0.3, 0.4) is 0 Å². The van der Waals surface area contributed by atoms with E-state index in [2.05, 4.69) is 17.4 Å². The fourth-order valence-corrected chi connectivity index (χ4v) is 2.87. The first-order valence-electron chi connectivity index (χ1n) is 6.19. The Balaban J connectivity index is -0.000000192. The molecule has 0 fully saturated rings. The van der Waals surface area contributed by atoms with Gasteiger partial charge in [-0.3, -0.25) is 0 Å². The van der Waals surface area contributed by atoms with E-state index in [0.29, 0.717) is 12.5 Å². The third-order valence-electron chi connectivity index (χ3n) is 1.71. The van der Waals surface area contributed by atoms with Gasteiger partial charge in [-0.05, 0) is 23.0 Å². The predicted octanol–water partition coefficient (Wildman–Crippen LogP) is -8.58. The second-order valence-corrected chi connectivity index (χ2v) is 8.99. The Morgan fingerprint density at radius 3 is 1.07 bits per heavy atom. The number of aliphatic hydroxyl groups excluding tert-OH is 2. The largest absolute Gasteiger partial charge is 1.00 e. The van der Waals surface area contributed by atoms with E-state index in [9.17, 15) is 35.8 Å². The van der Waals surface area contributed by atoms with Crippen molar-refractivity contribution < 1.29 is 122 Å². The summed E-state index contributed by atoms with van der Waals surface area (Å²) in [5.74, 6) is 0. The number of hydrogen-bond acceptors (Lipinski definition) is 14. The molecule has 0 aliphatic heterocycles. The van der Waals surface area contributed by atoms with Gasteiger partial charge in [0.1, 0.15) is 12.2 Å². The zero-order valence-electron chi connectivity index (χ0n) is 15.8. The van der Waals surface area contributed by atoms with Crippen molar-refractivity contribution in [2.45, 2.75) is 38.6 Å². The molecule has 0 saturated carbocycles. The molecule has 28 heavy (non-hydrogen) atoms. The van der Waals surface area contributed by atoms with Gasteiger partial charge in [0.2, 0.25) is 0 Å². The summed E-state index contributed by atoms with van der Waals surface area (Å²) in [5, 5.41) is 17.7. The van der Waals surface area contributed by atoms with Crippen molar-refractivity contribution in [1.82, 2.24) is 0 Å². The smallest absolute Gasteiger partial charge is 0.566 e. The van der Waals surface area contributed by atoms with E-state index in [1.807, 2.05) is 0 Å². The summed E-state index contributed by atoms with van der Waals surface area (Å²) in [5.41, 5.74) is 0. The van der Waals surface area contributed by atoms with Gasteiger partial charge in [0.15, 0.2) is 0 Å². The second kappa shape index (κ2) is 17.3. The van der Waals surface area contributed by atoms with E-state index in [0.717, 1.165) is 13.8 Å². The van der Waals surface area contributed by atoms with E-state index < -0.39 is 61.5 Å². The van der Waals surface area contributed by atoms with Crippen LogP contribution in [-0.4, -0.2) is 64.3 Å². The monoisotopic (exact) mass is 510 g/mol. The molecule has 0 saturated heterocycles. The fourth-order valence-electron chi connectivity index (χ4n) is 0.886. The molecule has 0 spiro atoms. The van der Waals surface area contributed by atoms with Crippen LogP contribution in [0.1, 0.15) is 13.8 Å². The second-order valence-electron chi connectivity index (χ2n) is 4.48. The van der Waals surface area contributed by atoms with Crippen molar-refractivity contribution in [2.24, 2.45) is 0 Å². The van der Waals surface area contributed by atoms with E-state index in [1.54, 1.807) is 0 Å². The van der Waals surface area contributed by atoms with E-state index in [-0.39, 0.29) is 59.1 Å². The molecule has 20 heteroatoms. The Morgan fingerprint density at radius 2 is 0.964 bits per heavy atom. The molecule has 0 aliphatic carbocycles. The van der Waals surface area contributed by atoms with Gasteiger partial charge in [0, 0.05) is 0 Å². The van der Waals surface area contributed by atoms with Crippen LogP contribution in [0.5, 0.6) is 0 Å². The van der Waals surface area contributed by atoms with Crippen LogP contribution in [0, 0.1) is 0 Å². The molecule has 0 aromatic carbocycles. The van der Waals surface area contributed by atoms with Crippen molar-refractivity contribution in [3.05, 3.63) is 0 Å². The van der Waals surface area contributed by atoms with E-state index in [4.69, 9.17) is 10.2 Å². The van der Waals surface area contributed by atoms with Gasteiger partial charge in [-0.2, -0.15) is 16.8 Å². The van der Waals surface area contributed by atoms with Crippen LogP contribution in [0.15, 0.2) is 0 Å². The number of rotatable bonds is 10. The van der Waals surface area contributed by atoms with E-state index in [1.165, 1.54) is 0 Å². The number of aliphatic hydroxyl groups is 2. The Hall–Kier alpha value is 1.78. The summed E-state index contributed by atoms with van der Waals surface area (Å²) >= 11 is 0. The van der Waals surface area contributed by atoms with Crippen LogP contribution in [0.25, 0.3) is 0 Å². The number of hydrogen-bond donors (Lipinski definition) is 2. The zero-order valence-corrected chi connectivity index (χ0v) is 23.2. The van der Waals surface area contributed by atoms with Crippen LogP contribution in [0.4, 0.5) is 0 Å². The van der Waals surface area contributed by atoms with Gasteiger partial charge >= 0.3 is 75.6 Å². The first-order chi connectivity index (χ1) is 11.4. The predicted molar refractivity (Wildman–Crippen MR) is 80.2 cm³/mol. The minimum absolute atomic E-state index is 0. The van der Waals surface area contributed by atoms with Crippen LogP contribution >= 0.6 is 16.5 Å². The average Bonchev–Trinajstić information content (AvgIpc) is 2.33. The minimum atomic E-state index is -3.87. The van der Waals surface area contributed by atoms with Gasteiger partial charge in [-0.25, -0.2) is 8.37 Å². The van der Waals surface area contributed by atoms with Crippen molar-refractivity contribution in [1.29, 1.82) is 0 Å². The first kappa shape index (κ1) is 37.1. The van der Waals surface area contributed by atoms with Gasteiger partial charge in [0.25, 0.3) is 32.8 Å². The molecule has 0 heterocycles. The third-order valence-corrected chi connectivity index (χ3v) is 3.55. The Morgan fingerprint density at radius 1 is 0.750 bits per heavy atom. The third kappa shape index (κ3) is 25.8. The maximum atomic E-state index is 10.5. The summed E-state index contributed by atoms with van der Waals surface area (Å²) in [7, 11) is -14.3. The fraction of sp³-hybridized carbons (Fsp3) is 1.00. The van der Waals surface area contributed by atoms with Crippen molar-refractivity contribution in [3.63, 3.8) is 0 Å². The summed E-state index contributed by atoms with van der Waals surface area (Å²) in [6, 6.07) is 0. The molecule has 0 aromatic heterocycles. The maximum absolute atomic E-state index is 10.5. The summed E-state index contributed by atoms with van der Waals surface area (Å²) in [4.78, 5) is 20.1. The molecule has 0 bridgehead atoms. The molecule has 0 rings (SSSR count). The topological polar surface area (TPSA) is 226 Å². The van der Waals surface area contributed by atoms with Gasteiger partial charge in [0.05, 0.1) is 12.5 Å². The molecule has 156 valence electrons. The van der Waals surface area contributed by atoms with Gasteiger partial charge in [-0.15, -0.1) is 9.05 Å². The molecule has 0 aliphatic rings. The minimum Gasteiger partial charge on any atom is -0.566 e. The van der Waals surface area contributed by atoms with Gasteiger partial charge < -0.3 is 20.0 Å². The maximum Gasteiger partial charge on any atom is 1.00 e.